The Morgan fingerprint density at radius 1 is 1.31 bits per heavy atom. The molecule has 0 radical (unpaired) electrons. The summed E-state index contributed by atoms with van der Waals surface area (Å²) in [5, 5.41) is 4.03. The summed E-state index contributed by atoms with van der Waals surface area (Å²) in [4.78, 5) is 17.2. The Morgan fingerprint density at radius 2 is 2.15 bits per heavy atom. The molecule has 138 valence electrons. The largest absolute Gasteiger partial charge is 0.361 e. The van der Waals surface area contributed by atoms with E-state index in [2.05, 4.69) is 10.1 Å². The van der Waals surface area contributed by atoms with Crippen molar-refractivity contribution in [2.24, 2.45) is 5.92 Å². The van der Waals surface area contributed by atoms with Crippen molar-refractivity contribution in [2.45, 2.75) is 45.8 Å². The molecule has 0 unspecified atom stereocenters. The molecule has 2 atom stereocenters. The van der Waals surface area contributed by atoms with Crippen LogP contribution in [0.15, 0.2) is 28.8 Å². The molecule has 6 heteroatoms. The van der Waals surface area contributed by atoms with Gasteiger partial charge in [-0.25, -0.2) is 4.39 Å². The van der Waals surface area contributed by atoms with Crippen LogP contribution in [0.1, 0.15) is 35.4 Å². The van der Waals surface area contributed by atoms with Crippen molar-refractivity contribution in [3.8, 4) is 0 Å². The third-order valence-electron chi connectivity index (χ3n) is 5.70. The second-order valence-electron chi connectivity index (χ2n) is 7.53. The highest BCUT2D eigenvalue weighted by molar-refractivity contribution is 5.83. The number of amides is 1. The van der Waals surface area contributed by atoms with E-state index in [4.69, 9.17) is 4.52 Å². The number of carbonyl (C=O) groups excluding carboxylic acids is 1. The van der Waals surface area contributed by atoms with Crippen molar-refractivity contribution in [2.75, 3.05) is 13.1 Å². The Labute approximate surface area is 152 Å². The molecule has 0 saturated carbocycles. The van der Waals surface area contributed by atoms with Crippen LogP contribution in [0.3, 0.4) is 0 Å². The van der Waals surface area contributed by atoms with Crippen LogP contribution in [0.2, 0.25) is 0 Å². The van der Waals surface area contributed by atoms with Crippen LogP contribution in [0, 0.1) is 25.6 Å². The highest BCUT2D eigenvalue weighted by atomic mass is 19.1. The van der Waals surface area contributed by atoms with Crippen molar-refractivity contribution in [1.82, 2.24) is 15.0 Å². The fraction of sp³-hybridized carbons (Fsp3) is 0.500. The first-order valence-corrected chi connectivity index (χ1v) is 9.20. The number of hydrogen-bond acceptors (Lipinski definition) is 4. The minimum absolute atomic E-state index is 0.107. The lowest BCUT2D eigenvalue weighted by atomic mass is 9.85. The van der Waals surface area contributed by atoms with E-state index in [0.29, 0.717) is 19.0 Å². The van der Waals surface area contributed by atoms with E-state index in [9.17, 15) is 9.18 Å². The lowest BCUT2D eigenvalue weighted by Gasteiger charge is -2.46. The molecule has 3 heterocycles. The fourth-order valence-corrected chi connectivity index (χ4v) is 4.24. The number of piperidine rings is 2. The first-order valence-electron chi connectivity index (χ1n) is 9.20. The maximum atomic E-state index is 13.5. The van der Waals surface area contributed by atoms with Gasteiger partial charge in [0.2, 0.25) is 5.91 Å². The second kappa shape index (κ2) is 6.83. The molecule has 1 amide bonds. The number of likely N-dealkylation sites (tertiary alicyclic amines) is 2. The monoisotopic (exact) mass is 357 g/mol. The second-order valence-corrected chi connectivity index (χ2v) is 7.53. The average molecular weight is 357 g/mol. The molecule has 0 aliphatic carbocycles. The van der Waals surface area contributed by atoms with Gasteiger partial charge in [0.25, 0.3) is 0 Å². The fourth-order valence-electron chi connectivity index (χ4n) is 4.24. The maximum absolute atomic E-state index is 13.5. The predicted molar refractivity (Wildman–Crippen MR) is 94.7 cm³/mol. The number of aromatic nitrogens is 1. The Bertz CT molecular complexity index is 800. The number of fused-ring (bicyclic) bond motifs is 2. The summed E-state index contributed by atoms with van der Waals surface area (Å²) < 4.78 is 18.7. The van der Waals surface area contributed by atoms with Gasteiger partial charge in [0.1, 0.15) is 11.6 Å². The molecule has 0 spiro atoms. The summed E-state index contributed by atoms with van der Waals surface area (Å²) in [6.07, 6.45) is 1.98. The molecule has 4 rings (SSSR count). The van der Waals surface area contributed by atoms with Crippen LogP contribution in [0.25, 0.3) is 0 Å². The summed E-state index contributed by atoms with van der Waals surface area (Å²) in [6, 6.07) is 6.41. The lowest BCUT2D eigenvalue weighted by Crippen LogP contribution is -2.58. The summed E-state index contributed by atoms with van der Waals surface area (Å²) in [6.45, 7) is 6.71. The Kier molecular flexibility index (Phi) is 4.53. The first kappa shape index (κ1) is 17.2. The summed E-state index contributed by atoms with van der Waals surface area (Å²) >= 11 is 0. The molecule has 2 aromatic rings. The molecular formula is C20H24FN3O2. The SMILES string of the molecule is Cc1noc(C)c1CN1CC[C@H]2C[C@@H]1C(=O)N(Cc1cccc(F)c1)C2. The number of nitrogens with zero attached hydrogens (tertiary/aromatic N) is 3. The number of benzene rings is 1. The van der Waals surface area contributed by atoms with Gasteiger partial charge in [-0.3, -0.25) is 9.69 Å². The van der Waals surface area contributed by atoms with E-state index >= 15 is 0 Å². The number of carbonyl (C=O) groups is 1. The van der Waals surface area contributed by atoms with Gasteiger partial charge < -0.3 is 9.42 Å². The van der Waals surface area contributed by atoms with E-state index in [1.807, 2.05) is 24.8 Å². The van der Waals surface area contributed by atoms with E-state index in [1.54, 1.807) is 6.07 Å². The first-order chi connectivity index (χ1) is 12.5. The zero-order chi connectivity index (χ0) is 18.3. The van der Waals surface area contributed by atoms with Gasteiger partial charge in [0, 0.05) is 25.2 Å². The van der Waals surface area contributed by atoms with Crippen LogP contribution in [-0.2, 0) is 17.9 Å². The van der Waals surface area contributed by atoms with Crippen LogP contribution in [0.4, 0.5) is 4.39 Å². The van der Waals surface area contributed by atoms with Gasteiger partial charge in [-0.1, -0.05) is 17.3 Å². The highest BCUT2D eigenvalue weighted by Gasteiger charge is 2.41. The van der Waals surface area contributed by atoms with Gasteiger partial charge in [0.05, 0.1) is 11.7 Å². The standard InChI is InChI=1S/C20H24FN3O2/c1-13-18(14(2)26-22-13)12-23-7-6-16-9-19(23)20(25)24(11-16)10-15-4-3-5-17(21)8-15/h3-5,8,16,19H,6-7,9-12H2,1-2H3/t16-,19+/m0/s1. The van der Waals surface area contributed by atoms with Crippen LogP contribution >= 0.6 is 0 Å². The van der Waals surface area contributed by atoms with E-state index < -0.39 is 0 Å². The van der Waals surface area contributed by atoms with E-state index in [-0.39, 0.29) is 17.8 Å². The van der Waals surface area contributed by atoms with Gasteiger partial charge in [-0.05, 0) is 56.8 Å². The van der Waals surface area contributed by atoms with E-state index in [0.717, 1.165) is 48.5 Å². The number of hydrogen-bond donors (Lipinski definition) is 0. The van der Waals surface area contributed by atoms with Crippen LogP contribution in [-0.4, -0.2) is 40.0 Å². The van der Waals surface area contributed by atoms with Crippen molar-refractivity contribution >= 4 is 5.91 Å². The van der Waals surface area contributed by atoms with Gasteiger partial charge >= 0.3 is 0 Å². The summed E-state index contributed by atoms with van der Waals surface area (Å²) in [5.74, 6) is 1.24. The quantitative estimate of drug-likeness (QED) is 0.844. The molecule has 0 N–H and O–H groups in total. The minimum Gasteiger partial charge on any atom is -0.361 e. The molecule has 2 fully saturated rings. The van der Waals surface area contributed by atoms with Crippen molar-refractivity contribution in [3.63, 3.8) is 0 Å². The Morgan fingerprint density at radius 3 is 2.88 bits per heavy atom. The molecule has 5 nitrogen and oxygen atoms in total. The Hall–Kier alpha value is -2.21. The van der Waals surface area contributed by atoms with Crippen molar-refractivity contribution in [3.05, 3.63) is 52.7 Å². The third kappa shape index (κ3) is 3.26. The number of halogens is 1. The van der Waals surface area contributed by atoms with Crippen molar-refractivity contribution < 1.29 is 13.7 Å². The van der Waals surface area contributed by atoms with Gasteiger partial charge in [-0.2, -0.15) is 0 Å². The van der Waals surface area contributed by atoms with Gasteiger partial charge in [0.15, 0.2) is 0 Å². The van der Waals surface area contributed by atoms with Crippen molar-refractivity contribution in [1.29, 1.82) is 0 Å². The number of rotatable bonds is 4. The molecule has 2 bridgehead atoms. The minimum atomic E-state index is -0.257. The molecule has 2 saturated heterocycles. The summed E-state index contributed by atoms with van der Waals surface area (Å²) in [5.41, 5.74) is 2.82. The summed E-state index contributed by atoms with van der Waals surface area (Å²) in [7, 11) is 0. The van der Waals surface area contributed by atoms with Crippen LogP contribution < -0.4 is 0 Å². The average Bonchev–Trinajstić information content (AvgIpc) is 2.93. The molecule has 26 heavy (non-hydrogen) atoms. The normalized spacial score (nSPS) is 23.5. The smallest absolute Gasteiger partial charge is 0.240 e. The molecule has 2 aliphatic heterocycles. The molecular weight excluding hydrogens is 333 g/mol. The maximum Gasteiger partial charge on any atom is 0.240 e. The lowest BCUT2D eigenvalue weighted by molar-refractivity contribution is -0.146. The van der Waals surface area contributed by atoms with E-state index in [1.165, 1.54) is 12.1 Å². The Balaban J connectivity index is 1.51. The van der Waals surface area contributed by atoms with Gasteiger partial charge in [-0.15, -0.1) is 0 Å². The molecule has 1 aromatic heterocycles. The molecule has 2 aliphatic rings. The topological polar surface area (TPSA) is 49.6 Å². The zero-order valence-electron chi connectivity index (χ0n) is 15.2. The molecule has 1 aromatic carbocycles. The zero-order valence-corrected chi connectivity index (χ0v) is 15.2. The number of aryl methyl sites for hydroxylation is 2. The highest BCUT2D eigenvalue weighted by Crippen LogP contribution is 2.32. The third-order valence-corrected chi connectivity index (χ3v) is 5.70. The predicted octanol–water partition coefficient (Wildman–Crippen LogP) is 3.05. The van der Waals surface area contributed by atoms with Crippen LogP contribution in [0.5, 0.6) is 0 Å².